The lowest BCUT2D eigenvalue weighted by molar-refractivity contribution is -0.114. The molecule has 134 valence electrons. The fraction of sp³-hybridized carbons (Fsp3) is 0.200. The molecule has 25 heavy (non-hydrogen) atoms. The van der Waals surface area contributed by atoms with Gasteiger partial charge in [-0.2, -0.15) is 0 Å². The Morgan fingerprint density at radius 3 is 2.44 bits per heavy atom. The molecule has 2 N–H and O–H groups in total. The Balaban J connectivity index is 2.38. The number of sulfonamides is 1. The van der Waals surface area contributed by atoms with Crippen LogP contribution in [-0.4, -0.2) is 34.5 Å². The molecule has 1 aromatic carbocycles. The van der Waals surface area contributed by atoms with Crippen LogP contribution in [0.4, 0.5) is 11.4 Å². The van der Waals surface area contributed by atoms with E-state index in [1.54, 1.807) is 5.38 Å². The normalized spacial score (nSPS) is 10.8. The minimum absolute atomic E-state index is 0.0981. The highest BCUT2D eigenvalue weighted by molar-refractivity contribution is 7.92. The molecule has 1 amide bonds. The number of hydrogen-bond acceptors (Lipinski definition) is 7. The zero-order chi connectivity index (χ0) is 18.6. The third kappa shape index (κ3) is 4.28. The van der Waals surface area contributed by atoms with Crippen LogP contribution in [0.25, 0.3) is 0 Å². The number of hydrogen-bond donors (Lipinski definition) is 2. The zero-order valence-electron chi connectivity index (χ0n) is 13.7. The molecule has 0 atom stereocenters. The molecule has 0 aliphatic carbocycles. The minimum Gasteiger partial charge on any atom is -0.495 e. The molecule has 0 saturated heterocycles. The van der Waals surface area contributed by atoms with Gasteiger partial charge in [-0.15, -0.1) is 11.3 Å². The Hall–Kier alpha value is -2.59. The molecule has 0 aliphatic heterocycles. The van der Waals surface area contributed by atoms with Crippen molar-refractivity contribution >= 4 is 44.6 Å². The van der Waals surface area contributed by atoms with Crippen LogP contribution in [-0.2, 0) is 19.6 Å². The van der Waals surface area contributed by atoms with Crippen molar-refractivity contribution in [3.8, 4) is 5.75 Å². The summed E-state index contributed by atoms with van der Waals surface area (Å²) >= 11 is 1.06. The molecule has 0 unspecified atom stereocenters. The topological polar surface area (TPSA) is 111 Å². The van der Waals surface area contributed by atoms with Crippen LogP contribution >= 0.6 is 11.3 Å². The first-order chi connectivity index (χ1) is 11.8. The third-order valence-corrected chi connectivity index (χ3v) is 5.33. The maximum absolute atomic E-state index is 12.6. The predicted molar refractivity (Wildman–Crippen MR) is 93.8 cm³/mol. The van der Waals surface area contributed by atoms with Crippen LogP contribution in [0.5, 0.6) is 5.75 Å². The second-order valence-corrected chi connectivity index (χ2v) is 7.40. The number of amides is 1. The van der Waals surface area contributed by atoms with Crippen LogP contribution in [0.1, 0.15) is 16.6 Å². The molecule has 2 aromatic rings. The first kappa shape index (κ1) is 18.7. The fourth-order valence-corrected chi connectivity index (χ4v) is 3.91. The average molecular weight is 384 g/mol. The second-order valence-electron chi connectivity index (χ2n) is 4.80. The van der Waals surface area contributed by atoms with E-state index >= 15 is 0 Å². The molecule has 2 rings (SSSR count). The van der Waals surface area contributed by atoms with Gasteiger partial charge in [0.25, 0.3) is 10.0 Å². The number of carbonyl (C=O) groups excluding carboxylic acids is 2. The first-order valence-corrected chi connectivity index (χ1v) is 9.29. The summed E-state index contributed by atoms with van der Waals surface area (Å²) < 4.78 is 37.2. The number of methoxy groups -OCH3 is 2. The Bertz CT molecular complexity index is 904. The van der Waals surface area contributed by atoms with Crippen molar-refractivity contribution in [2.24, 2.45) is 0 Å². The lowest BCUT2D eigenvalue weighted by Gasteiger charge is -2.12. The maximum atomic E-state index is 12.6. The molecular weight excluding hydrogens is 368 g/mol. The molecule has 1 aromatic heterocycles. The van der Waals surface area contributed by atoms with Crippen molar-refractivity contribution in [3.63, 3.8) is 0 Å². The summed E-state index contributed by atoms with van der Waals surface area (Å²) in [5.41, 5.74) is 0.338. The highest BCUT2D eigenvalue weighted by atomic mass is 32.2. The third-order valence-electron chi connectivity index (χ3n) is 3.07. The molecule has 1 heterocycles. The van der Waals surface area contributed by atoms with Crippen molar-refractivity contribution in [1.82, 2.24) is 0 Å². The van der Waals surface area contributed by atoms with Gasteiger partial charge in [-0.1, -0.05) is 0 Å². The van der Waals surface area contributed by atoms with E-state index in [1.165, 1.54) is 45.4 Å². The number of carbonyl (C=O) groups is 2. The Labute approximate surface area is 148 Å². The highest BCUT2D eigenvalue weighted by Crippen LogP contribution is 2.30. The maximum Gasteiger partial charge on any atom is 0.350 e. The van der Waals surface area contributed by atoms with Gasteiger partial charge in [-0.25, -0.2) is 13.2 Å². The van der Waals surface area contributed by atoms with Crippen molar-refractivity contribution in [1.29, 1.82) is 0 Å². The number of rotatable bonds is 6. The molecule has 0 radical (unpaired) electrons. The van der Waals surface area contributed by atoms with Gasteiger partial charge in [-0.3, -0.25) is 9.52 Å². The van der Waals surface area contributed by atoms with Gasteiger partial charge in [0.05, 0.1) is 30.5 Å². The summed E-state index contributed by atoms with van der Waals surface area (Å²) in [5, 5.41) is 4.08. The molecule has 0 aliphatic rings. The lowest BCUT2D eigenvalue weighted by Crippen LogP contribution is -2.15. The van der Waals surface area contributed by atoms with E-state index in [2.05, 4.69) is 14.8 Å². The average Bonchev–Trinajstić information content (AvgIpc) is 3.00. The van der Waals surface area contributed by atoms with Gasteiger partial charge in [0.1, 0.15) is 10.6 Å². The van der Waals surface area contributed by atoms with Crippen LogP contribution in [0.15, 0.2) is 34.5 Å². The lowest BCUT2D eigenvalue weighted by atomic mass is 10.3. The Morgan fingerprint density at radius 1 is 1.12 bits per heavy atom. The van der Waals surface area contributed by atoms with E-state index in [9.17, 15) is 18.0 Å². The Morgan fingerprint density at radius 2 is 1.84 bits per heavy atom. The van der Waals surface area contributed by atoms with Gasteiger partial charge in [0.15, 0.2) is 0 Å². The molecule has 0 spiro atoms. The smallest absolute Gasteiger partial charge is 0.350 e. The van der Waals surface area contributed by atoms with E-state index in [0.717, 1.165) is 11.3 Å². The van der Waals surface area contributed by atoms with Crippen molar-refractivity contribution in [3.05, 3.63) is 34.5 Å². The number of ether oxygens (including phenoxy) is 2. The van der Waals surface area contributed by atoms with Crippen LogP contribution < -0.4 is 14.8 Å². The summed E-state index contributed by atoms with van der Waals surface area (Å²) in [6.45, 7) is 1.30. The van der Waals surface area contributed by atoms with E-state index in [4.69, 9.17) is 4.74 Å². The fourth-order valence-electron chi connectivity index (χ4n) is 1.99. The molecule has 0 bridgehead atoms. The van der Waals surface area contributed by atoms with Crippen LogP contribution in [0, 0.1) is 0 Å². The summed E-state index contributed by atoms with van der Waals surface area (Å²) in [5.74, 6) is -0.687. The van der Waals surface area contributed by atoms with Gasteiger partial charge in [0, 0.05) is 6.92 Å². The molecule has 10 heteroatoms. The van der Waals surface area contributed by atoms with E-state index in [-0.39, 0.29) is 27.1 Å². The van der Waals surface area contributed by atoms with Gasteiger partial charge < -0.3 is 14.8 Å². The number of esters is 1. The number of anilines is 2. The molecule has 0 fully saturated rings. The van der Waals surface area contributed by atoms with Crippen LogP contribution in [0.2, 0.25) is 0 Å². The van der Waals surface area contributed by atoms with Gasteiger partial charge >= 0.3 is 5.97 Å². The summed E-state index contributed by atoms with van der Waals surface area (Å²) in [6, 6.07) is 5.49. The van der Waals surface area contributed by atoms with Crippen molar-refractivity contribution in [2.75, 3.05) is 24.3 Å². The highest BCUT2D eigenvalue weighted by Gasteiger charge is 2.21. The molecule has 8 nitrogen and oxygen atoms in total. The van der Waals surface area contributed by atoms with E-state index in [1.807, 2.05) is 0 Å². The Kier molecular flexibility index (Phi) is 5.65. The van der Waals surface area contributed by atoms with E-state index < -0.39 is 16.0 Å². The number of benzene rings is 1. The molecular formula is C15H16N2O6S2. The minimum atomic E-state index is -3.99. The summed E-state index contributed by atoms with van der Waals surface area (Å²) in [7, 11) is -1.37. The molecule has 0 saturated carbocycles. The largest absolute Gasteiger partial charge is 0.495 e. The number of thiophene rings is 1. The van der Waals surface area contributed by atoms with E-state index in [0.29, 0.717) is 5.75 Å². The summed E-state index contributed by atoms with van der Waals surface area (Å²) in [4.78, 5) is 23.0. The monoisotopic (exact) mass is 384 g/mol. The van der Waals surface area contributed by atoms with Gasteiger partial charge in [0.2, 0.25) is 5.91 Å². The predicted octanol–water partition coefficient (Wildman–Crippen LogP) is 2.30. The number of nitrogens with one attached hydrogen (secondary N) is 2. The standard InChI is InChI=1S/C15H16N2O6S2/c1-9(18)16-12-8-10(4-5-13(12)22-2)25(20,21)17-11-6-7-24-14(11)15(19)23-3/h4-8,17H,1-3H3,(H,16,18). The van der Waals surface area contributed by atoms with Crippen molar-refractivity contribution < 1.29 is 27.5 Å². The summed E-state index contributed by atoms with van der Waals surface area (Å²) in [6.07, 6.45) is 0. The van der Waals surface area contributed by atoms with Crippen LogP contribution in [0.3, 0.4) is 0 Å². The second kappa shape index (κ2) is 7.53. The quantitative estimate of drug-likeness (QED) is 0.740. The SMILES string of the molecule is COC(=O)c1sccc1NS(=O)(=O)c1ccc(OC)c(NC(C)=O)c1. The zero-order valence-corrected chi connectivity index (χ0v) is 15.3. The first-order valence-electron chi connectivity index (χ1n) is 6.92. The van der Waals surface area contributed by atoms with Gasteiger partial charge in [-0.05, 0) is 29.6 Å². The van der Waals surface area contributed by atoms with Crippen molar-refractivity contribution in [2.45, 2.75) is 11.8 Å².